The predicted octanol–water partition coefficient (Wildman–Crippen LogP) is 6.22. The molecule has 0 spiro atoms. The lowest BCUT2D eigenvalue weighted by Gasteiger charge is -2.27. The van der Waals surface area contributed by atoms with Crippen molar-refractivity contribution in [1.29, 1.82) is 0 Å². The molecule has 0 aromatic heterocycles. The molecule has 6 nitrogen and oxygen atoms in total. The number of carbonyl (C=O) groups is 2. The van der Waals surface area contributed by atoms with Crippen molar-refractivity contribution >= 4 is 22.7 Å². The topological polar surface area (TPSA) is 71.1 Å². The van der Waals surface area contributed by atoms with Crippen LogP contribution in [0.5, 0.6) is 11.5 Å². The molecule has 0 amide bonds. The van der Waals surface area contributed by atoms with E-state index in [1.54, 1.807) is 0 Å². The highest BCUT2D eigenvalue weighted by atomic mass is 16.6. The van der Waals surface area contributed by atoms with E-state index in [4.69, 9.17) is 18.9 Å². The van der Waals surface area contributed by atoms with Gasteiger partial charge in [-0.15, -0.1) is 0 Å². The van der Waals surface area contributed by atoms with Crippen LogP contribution in [0.3, 0.4) is 0 Å². The van der Waals surface area contributed by atoms with E-state index in [2.05, 4.69) is 32.2 Å². The van der Waals surface area contributed by atoms with Gasteiger partial charge in [0.2, 0.25) is 0 Å². The first-order chi connectivity index (χ1) is 17.4. The molecule has 4 unspecified atom stereocenters. The molecule has 36 heavy (non-hydrogen) atoms. The second kappa shape index (κ2) is 11.2. The highest BCUT2D eigenvalue weighted by molar-refractivity contribution is 5.97. The summed E-state index contributed by atoms with van der Waals surface area (Å²) in [6.07, 6.45) is 5.16. The van der Waals surface area contributed by atoms with Gasteiger partial charge >= 0.3 is 11.9 Å². The summed E-state index contributed by atoms with van der Waals surface area (Å²) < 4.78 is 23.9. The molecule has 2 bridgehead atoms. The maximum Gasteiger partial charge on any atom is 0.330 e. The molecule has 0 aliphatic heterocycles. The van der Waals surface area contributed by atoms with E-state index in [9.17, 15) is 9.59 Å². The molecule has 6 heteroatoms. The van der Waals surface area contributed by atoms with Gasteiger partial charge in [0.15, 0.2) is 0 Å². The molecule has 0 saturated heterocycles. The first-order valence-corrected chi connectivity index (χ1v) is 12.9. The van der Waals surface area contributed by atoms with Crippen LogP contribution in [0.1, 0.15) is 69.4 Å². The van der Waals surface area contributed by atoms with Gasteiger partial charge in [0.25, 0.3) is 0 Å². The van der Waals surface area contributed by atoms with E-state index in [1.807, 2.05) is 26.0 Å². The van der Waals surface area contributed by atoms with Crippen LogP contribution in [0.15, 0.2) is 49.6 Å². The lowest BCUT2D eigenvalue weighted by molar-refractivity contribution is -0.145. The number of fused-ring (bicyclic) bond motifs is 6. The molecule has 2 aromatic rings. The molecule has 2 aromatic carbocycles. The highest BCUT2D eigenvalue weighted by Gasteiger charge is 2.48. The average molecular weight is 493 g/mol. The molecule has 2 aliphatic rings. The molecular formula is C30H36O6. The van der Waals surface area contributed by atoms with Gasteiger partial charge in [0, 0.05) is 34.1 Å². The zero-order chi connectivity index (χ0) is 25.8. The lowest BCUT2D eigenvalue weighted by atomic mass is 9.87. The van der Waals surface area contributed by atoms with Crippen LogP contribution in [0.2, 0.25) is 0 Å². The Balaban J connectivity index is 1.73. The summed E-state index contributed by atoms with van der Waals surface area (Å²) in [5.74, 6) is 2.11. The molecule has 0 heterocycles. The fraction of sp³-hybridized carbons (Fsp3) is 0.467. The van der Waals surface area contributed by atoms with Crippen molar-refractivity contribution in [3.63, 3.8) is 0 Å². The molecule has 4 rings (SSSR count). The van der Waals surface area contributed by atoms with Gasteiger partial charge in [-0.25, -0.2) is 9.59 Å². The van der Waals surface area contributed by atoms with E-state index in [1.165, 1.54) is 23.3 Å². The quantitative estimate of drug-likeness (QED) is 0.259. The van der Waals surface area contributed by atoms with E-state index < -0.39 is 11.9 Å². The number of carbonyl (C=O) groups excluding carboxylic acids is 2. The van der Waals surface area contributed by atoms with Gasteiger partial charge in [0.1, 0.15) is 36.9 Å². The number of esters is 2. The molecule has 1 fully saturated rings. The third-order valence-electron chi connectivity index (χ3n) is 7.63. The highest BCUT2D eigenvalue weighted by Crippen LogP contribution is 2.63. The Hall–Kier alpha value is -3.28. The Labute approximate surface area is 213 Å². The molecule has 192 valence electrons. The number of hydrogen-bond acceptors (Lipinski definition) is 6. The first-order valence-electron chi connectivity index (χ1n) is 12.9. The molecule has 2 aliphatic carbocycles. The summed E-state index contributed by atoms with van der Waals surface area (Å²) in [4.78, 5) is 23.5. The third-order valence-corrected chi connectivity index (χ3v) is 7.63. The Morgan fingerprint density at radius 1 is 0.861 bits per heavy atom. The Morgan fingerprint density at radius 2 is 1.28 bits per heavy atom. The van der Waals surface area contributed by atoms with E-state index in [-0.39, 0.29) is 25.4 Å². The Kier molecular flexibility index (Phi) is 8.02. The van der Waals surface area contributed by atoms with Gasteiger partial charge in [-0.1, -0.05) is 58.2 Å². The zero-order valence-electron chi connectivity index (χ0n) is 21.5. The molecule has 0 radical (unpaired) electrons. The van der Waals surface area contributed by atoms with Crippen molar-refractivity contribution < 1.29 is 28.5 Å². The Bertz CT molecular complexity index is 1060. The van der Waals surface area contributed by atoms with E-state index in [0.29, 0.717) is 30.6 Å². The average Bonchev–Trinajstić information content (AvgIpc) is 3.40. The SMILES string of the molecule is C=CC(=O)OC(CC)COc1c2c(c(OCC(CC)OC(=O)C=C)c3ccccc13)C1CCC2C1C. The van der Waals surface area contributed by atoms with Gasteiger partial charge in [-0.05, 0) is 43.4 Å². The van der Waals surface area contributed by atoms with Crippen molar-refractivity contribution in [3.05, 3.63) is 60.7 Å². The summed E-state index contributed by atoms with van der Waals surface area (Å²) in [6.45, 7) is 13.8. The minimum atomic E-state index is -0.445. The molecule has 1 saturated carbocycles. The molecular weight excluding hydrogens is 456 g/mol. The van der Waals surface area contributed by atoms with Crippen LogP contribution in [0, 0.1) is 5.92 Å². The Morgan fingerprint density at radius 3 is 1.64 bits per heavy atom. The zero-order valence-corrected chi connectivity index (χ0v) is 21.5. The van der Waals surface area contributed by atoms with Gasteiger partial charge in [-0.3, -0.25) is 0 Å². The molecule has 4 atom stereocenters. The molecule has 0 N–H and O–H groups in total. The summed E-state index contributed by atoms with van der Waals surface area (Å²) in [5.41, 5.74) is 2.43. The van der Waals surface area contributed by atoms with Gasteiger partial charge in [-0.2, -0.15) is 0 Å². The number of rotatable bonds is 12. The van der Waals surface area contributed by atoms with Crippen LogP contribution in [0.4, 0.5) is 0 Å². The minimum absolute atomic E-state index is 0.272. The minimum Gasteiger partial charge on any atom is -0.489 e. The second-order valence-electron chi connectivity index (χ2n) is 9.65. The van der Waals surface area contributed by atoms with E-state index >= 15 is 0 Å². The maximum atomic E-state index is 11.8. The van der Waals surface area contributed by atoms with Crippen LogP contribution >= 0.6 is 0 Å². The number of hydrogen-bond donors (Lipinski definition) is 0. The van der Waals surface area contributed by atoms with Crippen molar-refractivity contribution in [1.82, 2.24) is 0 Å². The summed E-state index contributed by atoms with van der Waals surface area (Å²) in [7, 11) is 0. The van der Waals surface area contributed by atoms with Crippen LogP contribution in [0.25, 0.3) is 10.8 Å². The van der Waals surface area contributed by atoms with Crippen molar-refractivity contribution in [2.45, 2.75) is 70.5 Å². The largest absolute Gasteiger partial charge is 0.489 e. The van der Waals surface area contributed by atoms with Crippen molar-refractivity contribution in [2.24, 2.45) is 5.92 Å². The monoisotopic (exact) mass is 492 g/mol. The fourth-order valence-electron chi connectivity index (χ4n) is 5.69. The van der Waals surface area contributed by atoms with Crippen LogP contribution < -0.4 is 9.47 Å². The van der Waals surface area contributed by atoms with E-state index in [0.717, 1.165) is 35.1 Å². The normalized spacial score (nSPS) is 21.4. The summed E-state index contributed by atoms with van der Waals surface area (Å²) >= 11 is 0. The number of benzene rings is 2. The predicted molar refractivity (Wildman–Crippen MR) is 140 cm³/mol. The maximum absolute atomic E-state index is 11.8. The third kappa shape index (κ3) is 4.86. The lowest BCUT2D eigenvalue weighted by Crippen LogP contribution is -2.25. The number of ether oxygens (including phenoxy) is 4. The summed E-state index contributed by atoms with van der Waals surface area (Å²) in [5, 5.41) is 1.96. The van der Waals surface area contributed by atoms with Crippen LogP contribution in [-0.4, -0.2) is 37.4 Å². The van der Waals surface area contributed by atoms with Gasteiger partial charge < -0.3 is 18.9 Å². The first kappa shape index (κ1) is 25.8. The second-order valence-corrected chi connectivity index (χ2v) is 9.65. The van der Waals surface area contributed by atoms with Gasteiger partial charge in [0.05, 0.1) is 0 Å². The van der Waals surface area contributed by atoms with Crippen molar-refractivity contribution in [3.8, 4) is 11.5 Å². The smallest absolute Gasteiger partial charge is 0.330 e. The van der Waals surface area contributed by atoms with Crippen molar-refractivity contribution in [2.75, 3.05) is 13.2 Å². The van der Waals surface area contributed by atoms with Crippen LogP contribution in [-0.2, 0) is 19.1 Å². The standard InChI is InChI=1S/C30H36O6/c1-6-19(35-25(31)8-3)16-33-29-23-12-10-11-13-24(23)30(34-17-20(7-2)36-26(32)9-4)28-22-15-14-21(18(22)5)27(28)29/h8-13,18-22H,3-4,6-7,14-17H2,1-2,5H3. The summed E-state index contributed by atoms with van der Waals surface area (Å²) in [6, 6.07) is 8.11. The fourth-order valence-corrected chi connectivity index (χ4v) is 5.69.